The number of allylic oxidation sites excluding steroid dienone is 1. The third-order valence-electron chi connectivity index (χ3n) is 2.34. The molecular formula is C11H7ClN2S. The fourth-order valence-corrected chi connectivity index (χ4v) is 2.95. The average Bonchev–Trinajstić information content (AvgIpc) is 2.23. The molecule has 1 aromatic carbocycles. The van der Waals surface area contributed by atoms with E-state index in [-0.39, 0.29) is 0 Å². The van der Waals surface area contributed by atoms with Crippen molar-refractivity contribution in [3.8, 4) is 0 Å². The van der Waals surface area contributed by atoms with Crippen molar-refractivity contribution >= 4 is 40.3 Å². The van der Waals surface area contributed by atoms with Crippen LogP contribution in [0.5, 0.6) is 0 Å². The molecule has 0 amide bonds. The Kier molecular flexibility index (Phi) is 1.97. The maximum absolute atomic E-state index is 6.17. The lowest BCUT2D eigenvalue weighted by molar-refractivity contribution is 1.19. The van der Waals surface area contributed by atoms with E-state index in [0.29, 0.717) is 0 Å². The van der Waals surface area contributed by atoms with E-state index in [1.807, 2.05) is 12.1 Å². The Labute approximate surface area is 96.4 Å². The van der Waals surface area contributed by atoms with Gasteiger partial charge in [-0.15, -0.1) is 0 Å². The van der Waals surface area contributed by atoms with Gasteiger partial charge in [-0.05, 0) is 30.0 Å². The van der Waals surface area contributed by atoms with Gasteiger partial charge in [-0.25, -0.2) is 9.97 Å². The van der Waals surface area contributed by atoms with Crippen LogP contribution in [-0.4, -0.2) is 9.97 Å². The maximum atomic E-state index is 6.17. The lowest BCUT2D eigenvalue weighted by atomic mass is 10.1. The van der Waals surface area contributed by atoms with Crippen molar-refractivity contribution in [2.75, 3.05) is 0 Å². The standard InChI is InChI=1S/C11H7ClN2S/c1-6-4-9-10-8(13-5-14-9)3-2-7(12)11(10)15-6/h2-5H,1H3. The highest BCUT2D eigenvalue weighted by molar-refractivity contribution is 8.03. The second-order valence-electron chi connectivity index (χ2n) is 3.39. The summed E-state index contributed by atoms with van der Waals surface area (Å²) in [6, 6.07) is 3.82. The van der Waals surface area contributed by atoms with E-state index in [1.165, 1.54) is 4.91 Å². The number of benzene rings is 1. The molecule has 0 radical (unpaired) electrons. The van der Waals surface area contributed by atoms with Crippen LogP contribution in [0.2, 0.25) is 5.02 Å². The van der Waals surface area contributed by atoms with Crippen molar-refractivity contribution in [1.82, 2.24) is 9.97 Å². The van der Waals surface area contributed by atoms with Crippen LogP contribution < -0.4 is 0 Å². The average molecular weight is 235 g/mol. The quantitative estimate of drug-likeness (QED) is 0.694. The van der Waals surface area contributed by atoms with Crippen molar-refractivity contribution < 1.29 is 0 Å². The Morgan fingerprint density at radius 1 is 1.27 bits per heavy atom. The summed E-state index contributed by atoms with van der Waals surface area (Å²) in [6.07, 6.45) is 3.66. The van der Waals surface area contributed by atoms with E-state index in [9.17, 15) is 0 Å². The smallest absolute Gasteiger partial charge is 0.116 e. The molecule has 0 aliphatic carbocycles. The minimum atomic E-state index is 0.774. The van der Waals surface area contributed by atoms with Gasteiger partial charge in [-0.1, -0.05) is 23.4 Å². The molecule has 15 heavy (non-hydrogen) atoms. The molecule has 2 aromatic rings. The Morgan fingerprint density at radius 2 is 2.13 bits per heavy atom. The summed E-state index contributed by atoms with van der Waals surface area (Å²) in [5, 5.41) is 1.84. The fourth-order valence-electron chi connectivity index (χ4n) is 1.71. The molecule has 4 heteroatoms. The lowest BCUT2D eigenvalue weighted by Crippen LogP contribution is -1.94. The normalized spacial score (nSPS) is 14.1. The molecular weight excluding hydrogens is 228 g/mol. The zero-order valence-electron chi connectivity index (χ0n) is 7.99. The Bertz CT molecular complexity index is 592. The predicted octanol–water partition coefficient (Wildman–Crippen LogP) is 3.75. The summed E-state index contributed by atoms with van der Waals surface area (Å²) in [5.74, 6) is 0. The topological polar surface area (TPSA) is 25.8 Å². The maximum Gasteiger partial charge on any atom is 0.116 e. The van der Waals surface area contributed by atoms with E-state index < -0.39 is 0 Å². The van der Waals surface area contributed by atoms with Crippen molar-refractivity contribution in [2.24, 2.45) is 0 Å². The first-order valence-electron chi connectivity index (χ1n) is 4.55. The van der Waals surface area contributed by atoms with Crippen LogP contribution in [0.4, 0.5) is 0 Å². The van der Waals surface area contributed by atoms with Gasteiger partial charge in [0.15, 0.2) is 0 Å². The second kappa shape index (κ2) is 3.22. The molecule has 0 spiro atoms. The summed E-state index contributed by atoms with van der Waals surface area (Å²) in [7, 11) is 0. The molecule has 0 saturated heterocycles. The molecule has 74 valence electrons. The minimum Gasteiger partial charge on any atom is -0.236 e. The largest absolute Gasteiger partial charge is 0.236 e. The van der Waals surface area contributed by atoms with Crippen LogP contribution in [0.3, 0.4) is 0 Å². The third kappa shape index (κ3) is 1.34. The van der Waals surface area contributed by atoms with Gasteiger partial charge < -0.3 is 0 Å². The minimum absolute atomic E-state index is 0.774. The summed E-state index contributed by atoms with van der Waals surface area (Å²) >= 11 is 7.85. The van der Waals surface area contributed by atoms with Gasteiger partial charge in [0.1, 0.15) is 6.33 Å². The predicted molar refractivity (Wildman–Crippen MR) is 64.1 cm³/mol. The number of thioether (sulfide) groups is 1. The van der Waals surface area contributed by atoms with E-state index in [2.05, 4.69) is 23.0 Å². The van der Waals surface area contributed by atoms with Crippen molar-refractivity contribution in [2.45, 2.75) is 11.8 Å². The van der Waals surface area contributed by atoms with Gasteiger partial charge in [0.2, 0.25) is 0 Å². The van der Waals surface area contributed by atoms with Crippen LogP contribution in [-0.2, 0) is 0 Å². The molecule has 0 bridgehead atoms. The number of aromatic nitrogens is 2. The number of hydrogen-bond donors (Lipinski definition) is 0. The molecule has 1 aromatic heterocycles. The van der Waals surface area contributed by atoms with Crippen molar-refractivity contribution in [3.63, 3.8) is 0 Å². The Balaban J connectivity index is 2.51. The van der Waals surface area contributed by atoms with Crippen LogP contribution in [0.1, 0.15) is 12.6 Å². The van der Waals surface area contributed by atoms with E-state index in [4.69, 9.17) is 11.6 Å². The van der Waals surface area contributed by atoms with Gasteiger partial charge in [-0.3, -0.25) is 0 Å². The molecule has 0 saturated carbocycles. The third-order valence-corrected chi connectivity index (χ3v) is 3.84. The molecule has 2 heterocycles. The van der Waals surface area contributed by atoms with Gasteiger partial charge in [-0.2, -0.15) is 0 Å². The van der Waals surface area contributed by atoms with Crippen LogP contribution >= 0.6 is 23.4 Å². The molecule has 0 atom stereocenters. The SMILES string of the molecule is CC1=Cc2ncnc3ccc(Cl)c(c23)S1. The van der Waals surface area contributed by atoms with Crippen molar-refractivity contribution in [3.05, 3.63) is 34.1 Å². The summed E-state index contributed by atoms with van der Waals surface area (Å²) in [4.78, 5) is 10.8. The molecule has 2 nitrogen and oxygen atoms in total. The van der Waals surface area contributed by atoms with Gasteiger partial charge >= 0.3 is 0 Å². The first-order chi connectivity index (χ1) is 7.25. The van der Waals surface area contributed by atoms with Gasteiger partial charge in [0.25, 0.3) is 0 Å². The fraction of sp³-hybridized carbons (Fsp3) is 0.0909. The molecule has 0 fully saturated rings. The number of hydrogen-bond acceptors (Lipinski definition) is 3. The summed E-state index contributed by atoms with van der Waals surface area (Å²) < 4.78 is 0. The highest BCUT2D eigenvalue weighted by Gasteiger charge is 2.16. The second-order valence-corrected chi connectivity index (χ2v) is 5.05. The Morgan fingerprint density at radius 3 is 3.00 bits per heavy atom. The van der Waals surface area contributed by atoms with Crippen LogP contribution in [0.15, 0.2) is 28.3 Å². The highest BCUT2D eigenvalue weighted by atomic mass is 35.5. The number of halogens is 1. The van der Waals surface area contributed by atoms with Crippen LogP contribution in [0, 0.1) is 0 Å². The van der Waals surface area contributed by atoms with Crippen molar-refractivity contribution in [1.29, 1.82) is 0 Å². The Hall–Kier alpha value is -1.06. The van der Waals surface area contributed by atoms with Gasteiger partial charge in [0, 0.05) is 10.3 Å². The lowest BCUT2D eigenvalue weighted by Gasteiger charge is -2.14. The first-order valence-corrected chi connectivity index (χ1v) is 5.74. The summed E-state index contributed by atoms with van der Waals surface area (Å²) in [5.41, 5.74) is 1.92. The van der Waals surface area contributed by atoms with E-state index in [0.717, 1.165) is 26.5 Å². The van der Waals surface area contributed by atoms with E-state index >= 15 is 0 Å². The molecule has 1 aliphatic rings. The molecule has 0 N–H and O–H groups in total. The monoisotopic (exact) mass is 234 g/mol. The molecule has 0 unspecified atom stereocenters. The van der Waals surface area contributed by atoms with Gasteiger partial charge in [0.05, 0.1) is 16.2 Å². The first kappa shape index (κ1) is 9.19. The zero-order chi connectivity index (χ0) is 10.4. The zero-order valence-corrected chi connectivity index (χ0v) is 9.56. The number of nitrogens with zero attached hydrogens (tertiary/aromatic N) is 2. The number of rotatable bonds is 0. The highest BCUT2D eigenvalue weighted by Crippen LogP contribution is 2.42. The van der Waals surface area contributed by atoms with E-state index in [1.54, 1.807) is 18.1 Å². The summed E-state index contributed by atoms with van der Waals surface area (Å²) in [6.45, 7) is 2.06. The van der Waals surface area contributed by atoms with Crippen LogP contribution in [0.25, 0.3) is 17.0 Å². The molecule has 3 rings (SSSR count). The molecule has 1 aliphatic heterocycles.